The molecule has 4 nitrogen and oxygen atoms in total. The summed E-state index contributed by atoms with van der Waals surface area (Å²) in [5.41, 5.74) is 3.16. The smallest absolute Gasteiger partial charge is 0.257 e. The van der Waals surface area contributed by atoms with Crippen molar-refractivity contribution in [2.75, 3.05) is 10.6 Å². The molecule has 0 aromatic heterocycles. The molecule has 0 atom stereocenters. The van der Waals surface area contributed by atoms with Crippen LogP contribution in [-0.4, -0.2) is 11.8 Å². The van der Waals surface area contributed by atoms with Crippen molar-refractivity contribution in [3.8, 4) is 0 Å². The molecule has 3 aromatic rings. The van der Waals surface area contributed by atoms with Crippen LogP contribution in [0.1, 0.15) is 26.3 Å². The highest BCUT2D eigenvalue weighted by Gasteiger charge is 2.12. The quantitative estimate of drug-likeness (QED) is 0.457. The molecular weight excluding hydrogens is 475 g/mol. The van der Waals surface area contributed by atoms with E-state index in [2.05, 4.69) is 33.2 Å². The second-order valence-electron chi connectivity index (χ2n) is 5.93. The maximum Gasteiger partial charge on any atom is 0.257 e. The number of hydrogen-bond acceptors (Lipinski definition) is 2. The molecule has 0 aliphatic carbocycles. The Morgan fingerprint density at radius 3 is 2.33 bits per heavy atom. The molecule has 6 heteroatoms. The lowest BCUT2D eigenvalue weighted by atomic mass is 10.1. The molecule has 0 bridgehead atoms. The van der Waals surface area contributed by atoms with Gasteiger partial charge in [0.15, 0.2) is 0 Å². The first kappa shape index (κ1) is 19.4. The molecule has 0 spiro atoms. The van der Waals surface area contributed by atoms with Gasteiger partial charge in [-0.1, -0.05) is 29.8 Å². The predicted molar refractivity (Wildman–Crippen MR) is 118 cm³/mol. The lowest BCUT2D eigenvalue weighted by molar-refractivity contribution is 0.101. The highest BCUT2D eigenvalue weighted by Crippen LogP contribution is 2.23. The molecule has 0 unspecified atom stereocenters. The Hall–Kier alpha value is -2.38. The molecule has 0 aliphatic heterocycles. The van der Waals surface area contributed by atoms with E-state index in [1.807, 2.05) is 31.2 Å². The first-order valence-electron chi connectivity index (χ1n) is 8.17. The van der Waals surface area contributed by atoms with Crippen LogP contribution in [0.25, 0.3) is 0 Å². The third kappa shape index (κ3) is 4.87. The van der Waals surface area contributed by atoms with E-state index < -0.39 is 0 Å². The van der Waals surface area contributed by atoms with Crippen LogP contribution in [0.3, 0.4) is 0 Å². The van der Waals surface area contributed by atoms with Crippen molar-refractivity contribution >= 4 is 57.4 Å². The first-order chi connectivity index (χ1) is 12.9. The molecule has 2 N–H and O–H groups in total. The van der Waals surface area contributed by atoms with Crippen LogP contribution in [0.4, 0.5) is 11.4 Å². The number of halogens is 2. The normalized spacial score (nSPS) is 10.3. The number of nitrogens with one attached hydrogen (secondary N) is 2. The van der Waals surface area contributed by atoms with E-state index >= 15 is 0 Å². The molecule has 0 radical (unpaired) electrons. The molecule has 0 fully saturated rings. The molecule has 0 saturated carbocycles. The van der Waals surface area contributed by atoms with Crippen molar-refractivity contribution in [3.05, 3.63) is 92.0 Å². The van der Waals surface area contributed by atoms with Crippen LogP contribution < -0.4 is 10.6 Å². The molecule has 136 valence electrons. The number of hydrogen-bond donors (Lipinski definition) is 2. The Morgan fingerprint density at radius 2 is 1.63 bits per heavy atom. The summed E-state index contributed by atoms with van der Waals surface area (Å²) in [4.78, 5) is 24.8. The van der Waals surface area contributed by atoms with Gasteiger partial charge >= 0.3 is 0 Å². The maximum absolute atomic E-state index is 12.5. The predicted octanol–water partition coefficient (Wildman–Crippen LogP) is 5.76. The summed E-state index contributed by atoms with van der Waals surface area (Å²) in [6.45, 7) is 1.87. The van der Waals surface area contributed by atoms with Crippen molar-refractivity contribution in [2.24, 2.45) is 0 Å². The van der Waals surface area contributed by atoms with E-state index in [9.17, 15) is 9.59 Å². The minimum atomic E-state index is -0.279. The molecule has 0 saturated heterocycles. The summed E-state index contributed by atoms with van der Waals surface area (Å²) >= 11 is 8.25. The highest BCUT2D eigenvalue weighted by molar-refractivity contribution is 14.1. The zero-order valence-electron chi connectivity index (χ0n) is 14.4. The summed E-state index contributed by atoms with van der Waals surface area (Å²) < 4.78 is 0.928. The van der Waals surface area contributed by atoms with Gasteiger partial charge in [0.2, 0.25) is 0 Å². The van der Waals surface area contributed by atoms with Gasteiger partial charge in [-0.15, -0.1) is 0 Å². The van der Waals surface area contributed by atoms with Crippen molar-refractivity contribution in [3.63, 3.8) is 0 Å². The van der Waals surface area contributed by atoms with Crippen molar-refractivity contribution in [2.45, 2.75) is 6.92 Å². The lowest BCUT2D eigenvalue weighted by Crippen LogP contribution is -2.14. The van der Waals surface area contributed by atoms with Crippen molar-refractivity contribution in [1.82, 2.24) is 0 Å². The fourth-order valence-corrected chi connectivity index (χ4v) is 3.23. The molecular formula is C21H16ClIN2O2. The summed E-state index contributed by atoms with van der Waals surface area (Å²) in [5, 5.41) is 6.12. The molecule has 0 aliphatic rings. The Balaban J connectivity index is 1.74. The second-order valence-corrected chi connectivity index (χ2v) is 7.58. The zero-order chi connectivity index (χ0) is 19.4. The minimum absolute atomic E-state index is 0.180. The van der Waals surface area contributed by atoms with Gasteiger partial charge in [-0.2, -0.15) is 0 Å². The third-order valence-electron chi connectivity index (χ3n) is 3.94. The summed E-state index contributed by atoms with van der Waals surface area (Å²) in [5.74, 6) is -0.458. The average Bonchev–Trinajstić information content (AvgIpc) is 2.66. The van der Waals surface area contributed by atoms with E-state index in [1.165, 1.54) is 0 Å². The highest BCUT2D eigenvalue weighted by atomic mass is 127. The SMILES string of the molecule is Cc1cc(NC(=O)c2cc(I)ccc2Cl)ccc1NC(=O)c1ccccc1. The summed E-state index contributed by atoms with van der Waals surface area (Å²) in [6.07, 6.45) is 0. The topological polar surface area (TPSA) is 58.2 Å². The number of rotatable bonds is 4. The number of benzene rings is 3. The van der Waals surface area contributed by atoms with Crippen LogP contribution in [0.15, 0.2) is 66.7 Å². The maximum atomic E-state index is 12.5. The van der Waals surface area contributed by atoms with E-state index in [0.29, 0.717) is 27.5 Å². The number of aryl methyl sites for hydroxylation is 1. The average molecular weight is 491 g/mol. The lowest BCUT2D eigenvalue weighted by Gasteiger charge is -2.12. The van der Waals surface area contributed by atoms with Crippen molar-refractivity contribution in [1.29, 1.82) is 0 Å². The number of carbonyl (C=O) groups excluding carboxylic acids is 2. The van der Waals surface area contributed by atoms with Gasteiger partial charge < -0.3 is 10.6 Å². The van der Waals surface area contributed by atoms with Crippen LogP contribution in [0.2, 0.25) is 5.02 Å². The summed E-state index contributed by atoms with van der Waals surface area (Å²) in [7, 11) is 0. The Kier molecular flexibility index (Phi) is 6.13. The minimum Gasteiger partial charge on any atom is -0.322 e. The van der Waals surface area contributed by atoms with Crippen molar-refractivity contribution < 1.29 is 9.59 Å². The standard InChI is InChI=1S/C21H16ClIN2O2/c1-13-11-16(24-21(27)17-12-15(23)7-9-18(17)22)8-10-19(13)25-20(26)14-5-3-2-4-6-14/h2-12H,1H3,(H,24,27)(H,25,26). The summed E-state index contributed by atoms with van der Waals surface area (Å²) in [6, 6.07) is 19.6. The molecule has 0 heterocycles. The van der Waals surface area contributed by atoms with Crippen LogP contribution in [0.5, 0.6) is 0 Å². The largest absolute Gasteiger partial charge is 0.322 e. The zero-order valence-corrected chi connectivity index (χ0v) is 17.3. The molecule has 3 aromatic carbocycles. The Morgan fingerprint density at radius 1 is 0.889 bits per heavy atom. The number of anilines is 2. The number of amides is 2. The van der Waals surface area contributed by atoms with Gasteiger partial charge in [-0.25, -0.2) is 0 Å². The number of carbonyl (C=O) groups is 2. The monoisotopic (exact) mass is 490 g/mol. The fourth-order valence-electron chi connectivity index (χ4n) is 2.54. The van der Waals surface area contributed by atoms with E-state index in [0.717, 1.165) is 9.13 Å². The van der Waals surface area contributed by atoms with Gasteiger partial charge in [0.05, 0.1) is 10.6 Å². The van der Waals surface area contributed by atoms with Crippen LogP contribution in [-0.2, 0) is 0 Å². The van der Waals surface area contributed by atoms with E-state index in [4.69, 9.17) is 11.6 Å². The molecule has 2 amide bonds. The first-order valence-corrected chi connectivity index (χ1v) is 9.63. The molecule has 3 rings (SSSR count). The van der Waals surface area contributed by atoms with Gasteiger partial charge in [-0.3, -0.25) is 9.59 Å². The molecule has 27 heavy (non-hydrogen) atoms. The van der Waals surface area contributed by atoms with Gasteiger partial charge in [0.1, 0.15) is 0 Å². The Labute approximate surface area is 176 Å². The van der Waals surface area contributed by atoms with Gasteiger partial charge in [0.25, 0.3) is 11.8 Å². The van der Waals surface area contributed by atoms with Gasteiger partial charge in [0, 0.05) is 20.5 Å². The van der Waals surface area contributed by atoms with Crippen LogP contribution >= 0.6 is 34.2 Å². The van der Waals surface area contributed by atoms with Gasteiger partial charge in [-0.05, 0) is 83.6 Å². The van der Waals surface area contributed by atoms with Crippen LogP contribution in [0, 0.1) is 10.5 Å². The Bertz CT molecular complexity index is 1010. The second kappa shape index (κ2) is 8.54. The van der Waals surface area contributed by atoms with E-state index in [-0.39, 0.29) is 11.8 Å². The fraction of sp³-hybridized carbons (Fsp3) is 0.0476. The van der Waals surface area contributed by atoms with E-state index in [1.54, 1.807) is 42.5 Å². The third-order valence-corrected chi connectivity index (χ3v) is 4.94.